The van der Waals surface area contributed by atoms with Gasteiger partial charge in [-0.05, 0) is 11.1 Å². The lowest BCUT2D eigenvalue weighted by Gasteiger charge is -2.36. The molecule has 0 radical (unpaired) electrons. The Morgan fingerprint density at radius 1 is 1.12 bits per heavy atom. The van der Waals surface area contributed by atoms with Crippen molar-refractivity contribution in [1.82, 2.24) is 10.2 Å². The van der Waals surface area contributed by atoms with Crippen LogP contribution in [0.1, 0.15) is 17.2 Å². The predicted octanol–water partition coefficient (Wildman–Crippen LogP) is 1.74. The number of amides is 1. The molecule has 1 aliphatic rings. The SMILES string of the molecule is O=C1NCCN(C[C@H](O)COCc2ccccc2)[C@@H]1c1ccccc1. The summed E-state index contributed by atoms with van der Waals surface area (Å²) in [7, 11) is 0. The Balaban J connectivity index is 1.55. The standard InChI is InChI=1S/C20H24N2O3/c23-18(15-25-14-16-7-3-1-4-8-16)13-22-12-11-21-20(24)19(22)17-9-5-2-6-10-17/h1-10,18-19,23H,11-15H2,(H,21,24)/t18-,19+/m0/s1. The van der Waals surface area contributed by atoms with Crippen molar-refractivity contribution in [3.05, 3.63) is 71.8 Å². The number of carbonyl (C=O) groups excluding carboxylic acids is 1. The molecule has 1 heterocycles. The molecule has 1 amide bonds. The maximum Gasteiger partial charge on any atom is 0.242 e. The summed E-state index contributed by atoms with van der Waals surface area (Å²) in [6.45, 7) is 2.43. The van der Waals surface area contributed by atoms with Gasteiger partial charge in [-0.25, -0.2) is 0 Å². The molecule has 1 aliphatic heterocycles. The number of ether oxygens (including phenoxy) is 1. The number of nitrogens with one attached hydrogen (secondary N) is 1. The van der Waals surface area contributed by atoms with E-state index in [4.69, 9.17) is 4.74 Å². The zero-order valence-electron chi connectivity index (χ0n) is 14.2. The maximum absolute atomic E-state index is 12.3. The van der Waals surface area contributed by atoms with E-state index < -0.39 is 6.10 Å². The zero-order valence-corrected chi connectivity index (χ0v) is 14.2. The monoisotopic (exact) mass is 340 g/mol. The van der Waals surface area contributed by atoms with Crippen LogP contribution in [0.5, 0.6) is 0 Å². The van der Waals surface area contributed by atoms with E-state index in [9.17, 15) is 9.90 Å². The van der Waals surface area contributed by atoms with E-state index in [2.05, 4.69) is 5.32 Å². The Morgan fingerprint density at radius 3 is 2.52 bits per heavy atom. The van der Waals surface area contributed by atoms with E-state index >= 15 is 0 Å². The number of hydrogen-bond donors (Lipinski definition) is 2. The van der Waals surface area contributed by atoms with Crippen LogP contribution in [0.15, 0.2) is 60.7 Å². The maximum atomic E-state index is 12.3. The van der Waals surface area contributed by atoms with Gasteiger partial charge in [0.15, 0.2) is 0 Å². The lowest BCUT2D eigenvalue weighted by atomic mass is 10.0. The van der Waals surface area contributed by atoms with Crippen LogP contribution in [-0.4, -0.2) is 48.3 Å². The van der Waals surface area contributed by atoms with Crippen LogP contribution < -0.4 is 5.32 Å². The van der Waals surface area contributed by atoms with Gasteiger partial charge >= 0.3 is 0 Å². The van der Waals surface area contributed by atoms with Crippen LogP contribution in [0.25, 0.3) is 0 Å². The summed E-state index contributed by atoms with van der Waals surface area (Å²) in [6.07, 6.45) is -0.638. The molecule has 25 heavy (non-hydrogen) atoms. The summed E-state index contributed by atoms with van der Waals surface area (Å²) in [5.74, 6) is -0.0187. The van der Waals surface area contributed by atoms with Crippen molar-refractivity contribution < 1.29 is 14.6 Å². The molecule has 2 aromatic rings. The number of carbonyl (C=O) groups is 1. The van der Waals surface area contributed by atoms with Crippen molar-refractivity contribution >= 4 is 5.91 Å². The van der Waals surface area contributed by atoms with Crippen LogP contribution in [0.3, 0.4) is 0 Å². The highest BCUT2D eigenvalue weighted by molar-refractivity contribution is 5.83. The molecule has 3 rings (SSSR count). The zero-order chi connectivity index (χ0) is 17.5. The van der Waals surface area contributed by atoms with Crippen LogP contribution in [0.2, 0.25) is 0 Å². The second-order valence-corrected chi connectivity index (χ2v) is 6.25. The molecule has 5 heteroatoms. The quantitative estimate of drug-likeness (QED) is 0.806. The van der Waals surface area contributed by atoms with Gasteiger partial charge < -0.3 is 15.2 Å². The fraction of sp³-hybridized carbons (Fsp3) is 0.350. The number of aliphatic hydroxyl groups excluding tert-OH is 1. The predicted molar refractivity (Wildman–Crippen MR) is 95.9 cm³/mol. The van der Waals surface area contributed by atoms with Gasteiger partial charge in [0.1, 0.15) is 6.04 Å². The van der Waals surface area contributed by atoms with Crippen molar-refractivity contribution in [2.45, 2.75) is 18.8 Å². The average Bonchev–Trinajstić information content (AvgIpc) is 2.63. The van der Waals surface area contributed by atoms with Gasteiger partial charge in [0.25, 0.3) is 0 Å². The molecule has 2 atom stereocenters. The molecule has 0 saturated carbocycles. The van der Waals surface area contributed by atoms with Crippen molar-refractivity contribution in [2.75, 3.05) is 26.2 Å². The first-order chi connectivity index (χ1) is 12.2. The molecular weight excluding hydrogens is 316 g/mol. The second-order valence-electron chi connectivity index (χ2n) is 6.25. The van der Waals surface area contributed by atoms with Crippen LogP contribution in [0.4, 0.5) is 0 Å². The third-order valence-electron chi connectivity index (χ3n) is 4.29. The molecule has 5 nitrogen and oxygen atoms in total. The van der Waals surface area contributed by atoms with Gasteiger partial charge in [-0.15, -0.1) is 0 Å². The molecule has 1 fully saturated rings. The van der Waals surface area contributed by atoms with Crippen molar-refractivity contribution in [2.24, 2.45) is 0 Å². The van der Waals surface area contributed by atoms with Gasteiger partial charge in [0.2, 0.25) is 5.91 Å². The molecule has 0 spiro atoms. The van der Waals surface area contributed by atoms with Crippen LogP contribution in [-0.2, 0) is 16.1 Å². The lowest BCUT2D eigenvalue weighted by molar-refractivity contribution is -0.130. The van der Waals surface area contributed by atoms with Crippen LogP contribution >= 0.6 is 0 Å². The molecule has 0 unspecified atom stereocenters. The van der Waals surface area contributed by atoms with E-state index in [1.165, 1.54) is 0 Å². The molecule has 2 N–H and O–H groups in total. The average molecular weight is 340 g/mol. The summed E-state index contributed by atoms with van der Waals surface area (Å²) in [6, 6.07) is 19.2. The molecular formula is C20H24N2O3. The normalized spacial score (nSPS) is 19.4. The highest BCUT2D eigenvalue weighted by Gasteiger charge is 2.31. The third kappa shape index (κ3) is 4.89. The fourth-order valence-corrected chi connectivity index (χ4v) is 3.12. The Bertz CT molecular complexity index is 663. The van der Waals surface area contributed by atoms with E-state index in [1.54, 1.807) is 0 Å². The van der Waals surface area contributed by atoms with E-state index in [0.717, 1.165) is 11.1 Å². The fourth-order valence-electron chi connectivity index (χ4n) is 3.12. The summed E-state index contributed by atoms with van der Waals surface area (Å²) >= 11 is 0. The van der Waals surface area contributed by atoms with E-state index in [0.29, 0.717) is 26.2 Å². The molecule has 2 aromatic carbocycles. The van der Waals surface area contributed by atoms with Crippen molar-refractivity contribution in [3.8, 4) is 0 Å². The Hall–Kier alpha value is -2.21. The molecule has 0 aromatic heterocycles. The van der Waals surface area contributed by atoms with Gasteiger partial charge in [0.05, 0.1) is 19.3 Å². The minimum atomic E-state index is -0.638. The number of benzene rings is 2. The smallest absolute Gasteiger partial charge is 0.242 e. The number of nitrogens with zero attached hydrogens (tertiary/aromatic N) is 1. The molecule has 1 saturated heterocycles. The highest BCUT2D eigenvalue weighted by Crippen LogP contribution is 2.23. The number of β-amino-alcohol motifs (C(OH)–C–C–N with tert-alkyl or cyclic N) is 1. The van der Waals surface area contributed by atoms with Gasteiger partial charge in [0, 0.05) is 19.6 Å². The number of aliphatic hydroxyl groups is 1. The summed E-state index contributed by atoms with van der Waals surface area (Å²) in [5.41, 5.74) is 2.02. The number of piperazine rings is 1. The number of rotatable bonds is 7. The first kappa shape index (κ1) is 17.6. The lowest BCUT2D eigenvalue weighted by Crippen LogP contribution is -2.52. The van der Waals surface area contributed by atoms with Crippen molar-refractivity contribution in [3.63, 3.8) is 0 Å². The van der Waals surface area contributed by atoms with Crippen LogP contribution in [0, 0.1) is 0 Å². The van der Waals surface area contributed by atoms with Gasteiger partial charge in [-0.3, -0.25) is 9.69 Å². The molecule has 132 valence electrons. The second kappa shape index (κ2) is 8.76. The van der Waals surface area contributed by atoms with Gasteiger partial charge in [-0.2, -0.15) is 0 Å². The minimum absolute atomic E-state index is 0.0187. The molecule has 0 bridgehead atoms. The summed E-state index contributed by atoms with van der Waals surface area (Å²) in [5, 5.41) is 13.2. The molecule has 0 aliphatic carbocycles. The Kier molecular flexibility index (Phi) is 6.17. The summed E-state index contributed by atoms with van der Waals surface area (Å²) < 4.78 is 5.61. The highest BCUT2D eigenvalue weighted by atomic mass is 16.5. The number of hydrogen-bond acceptors (Lipinski definition) is 4. The topological polar surface area (TPSA) is 61.8 Å². The van der Waals surface area contributed by atoms with Gasteiger partial charge in [-0.1, -0.05) is 60.7 Å². The first-order valence-corrected chi connectivity index (χ1v) is 8.60. The Morgan fingerprint density at radius 2 is 1.80 bits per heavy atom. The Labute approximate surface area is 148 Å². The minimum Gasteiger partial charge on any atom is -0.389 e. The van der Waals surface area contributed by atoms with E-state index in [-0.39, 0.29) is 18.6 Å². The third-order valence-corrected chi connectivity index (χ3v) is 4.29. The summed E-state index contributed by atoms with van der Waals surface area (Å²) in [4.78, 5) is 14.3. The largest absolute Gasteiger partial charge is 0.389 e. The van der Waals surface area contributed by atoms with E-state index in [1.807, 2.05) is 65.6 Å². The van der Waals surface area contributed by atoms with Crippen molar-refractivity contribution in [1.29, 1.82) is 0 Å². The first-order valence-electron chi connectivity index (χ1n) is 8.60.